The number of benzene rings is 1. The molecular weight excluding hydrogens is 352 g/mol. The first-order valence-corrected chi connectivity index (χ1v) is 10.6. The molecule has 152 valence electrons. The normalized spacial score (nSPS) is 23.3. The van der Waals surface area contributed by atoms with Crippen LogP contribution >= 0.6 is 0 Å². The van der Waals surface area contributed by atoms with E-state index in [-0.39, 0.29) is 0 Å². The Morgan fingerprint density at radius 2 is 1.82 bits per heavy atom. The Balaban J connectivity index is 1.35. The second-order valence-corrected chi connectivity index (χ2v) is 8.50. The summed E-state index contributed by atoms with van der Waals surface area (Å²) < 4.78 is 0. The van der Waals surface area contributed by atoms with Crippen molar-refractivity contribution in [3.8, 4) is 11.4 Å². The van der Waals surface area contributed by atoms with Crippen LogP contribution in [0.4, 0.5) is 0 Å². The van der Waals surface area contributed by atoms with E-state index in [1.165, 1.54) is 50.9 Å². The SMILES string of the molecule is CCCN1CCC2(CC1)CCN(Cc1ccc(-c3nn[nH]n3)cc1)C[C@@H]2CO. The molecule has 0 radical (unpaired) electrons. The maximum absolute atomic E-state index is 10.1. The molecule has 7 nitrogen and oxygen atoms in total. The summed E-state index contributed by atoms with van der Waals surface area (Å²) in [5, 5.41) is 24.3. The van der Waals surface area contributed by atoms with E-state index < -0.39 is 0 Å². The summed E-state index contributed by atoms with van der Waals surface area (Å²) >= 11 is 0. The van der Waals surface area contributed by atoms with Crippen LogP contribution in [0.1, 0.15) is 38.2 Å². The number of aliphatic hydroxyl groups is 1. The van der Waals surface area contributed by atoms with Crippen molar-refractivity contribution >= 4 is 0 Å². The van der Waals surface area contributed by atoms with Crippen molar-refractivity contribution < 1.29 is 5.11 Å². The van der Waals surface area contributed by atoms with Crippen LogP contribution in [0.3, 0.4) is 0 Å². The van der Waals surface area contributed by atoms with Gasteiger partial charge in [-0.25, -0.2) is 0 Å². The summed E-state index contributed by atoms with van der Waals surface area (Å²) in [6.07, 6.45) is 4.92. The van der Waals surface area contributed by atoms with Gasteiger partial charge in [-0.15, -0.1) is 10.2 Å². The highest BCUT2D eigenvalue weighted by Gasteiger charge is 2.44. The highest BCUT2D eigenvalue weighted by atomic mass is 16.3. The minimum atomic E-state index is 0.307. The van der Waals surface area contributed by atoms with Gasteiger partial charge in [0.15, 0.2) is 0 Å². The number of hydrogen-bond donors (Lipinski definition) is 2. The Hall–Kier alpha value is -1.83. The van der Waals surface area contributed by atoms with Gasteiger partial charge in [0.05, 0.1) is 0 Å². The number of nitrogens with zero attached hydrogens (tertiary/aromatic N) is 5. The van der Waals surface area contributed by atoms with Gasteiger partial charge in [-0.1, -0.05) is 31.2 Å². The van der Waals surface area contributed by atoms with Gasteiger partial charge in [-0.3, -0.25) is 4.90 Å². The van der Waals surface area contributed by atoms with Gasteiger partial charge >= 0.3 is 0 Å². The Morgan fingerprint density at radius 3 is 2.43 bits per heavy atom. The zero-order chi connectivity index (χ0) is 19.4. The molecule has 7 heteroatoms. The van der Waals surface area contributed by atoms with Crippen LogP contribution in [0.5, 0.6) is 0 Å². The van der Waals surface area contributed by atoms with Gasteiger partial charge in [-0.05, 0) is 68.1 Å². The van der Waals surface area contributed by atoms with E-state index >= 15 is 0 Å². The number of aromatic amines is 1. The monoisotopic (exact) mass is 384 g/mol. The lowest BCUT2D eigenvalue weighted by atomic mass is 9.64. The number of aliphatic hydroxyl groups excluding tert-OH is 1. The fraction of sp³-hybridized carbons (Fsp3) is 0.667. The standard InChI is InChI=1S/C21H32N6O/c1-2-10-26-11-7-21(8-12-26)9-13-27(15-19(21)16-28)14-17-3-5-18(6-4-17)20-22-24-25-23-20/h3-6,19,28H,2,7-16H2,1H3,(H,22,23,24,25)/t19-/m1/s1. The lowest BCUT2D eigenvalue weighted by Gasteiger charge is -2.51. The van der Waals surface area contributed by atoms with Crippen LogP contribution in [0.2, 0.25) is 0 Å². The highest BCUT2D eigenvalue weighted by Crippen LogP contribution is 2.45. The molecule has 1 atom stereocenters. The van der Waals surface area contributed by atoms with Crippen LogP contribution in [0.25, 0.3) is 11.4 Å². The molecule has 1 aromatic carbocycles. The number of hydrogen-bond acceptors (Lipinski definition) is 6. The Morgan fingerprint density at radius 1 is 1.11 bits per heavy atom. The van der Waals surface area contributed by atoms with Crippen molar-refractivity contribution in [1.29, 1.82) is 0 Å². The average molecular weight is 385 g/mol. The summed E-state index contributed by atoms with van der Waals surface area (Å²) in [7, 11) is 0. The number of H-pyrrole nitrogens is 1. The predicted octanol–water partition coefficient (Wildman–Crippen LogP) is 2.17. The molecule has 0 saturated carbocycles. The number of likely N-dealkylation sites (tertiary alicyclic amines) is 2. The van der Waals surface area contributed by atoms with Gasteiger partial charge in [0, 0.05) is 31.2 Å². The molecule has 0 bridgehead atoms. The molecule has 0 unspecified atom stereocenters. The first-order chi connectivity index (χ1) is 13.7. The number of nitrogens with one attached hydrogen (secondary N) is 1. The molecule has 1 aromatic heterocycles. The van der Waals surface area contributed by atoms with E-state index in [1.807, 2.05) is 0 Å². The minimum Gasteiger partial charge on any atom is -0.396 e. The van der Waals surface area contributed by atoms with Crippen molar-refractivity contribution in [1.82, 2.24) is 30.4 Å². The van der Waals surface area contributed by atoms with Gasteiger partial charge in [-0.2, -0.15) is 5.21 Å². The second-order valence-electron chi connectivity index (χ2n) is 8.50. The molecule has 4 rings (SSSR count). The molecule has 1 spiro atoms. The average Bonchev–Trinajstić information content (AvgIpc) is 3.27. The molecule has 28 heavy (non-hydrogen) atoms. The quantitative estimate of drug-likeness (QED) is 0.794. The summed E-state index contributed by atoms with van der Waals surface area (Å²) in [6.45, 7) is 9.22. The van der Waals surface area contributed by atoms with Gasteiger partial charge in [0.25, 0.3) is 0 Å². The van der Waals surface area contributed by atoms with E-state index in [4.69, 9.17) is 0 Å². The van der Waals surface area contributed by atoms with Crippen molar-refractivity contribution in [2.24, 2.45) is 11.3 Å². The minimum absolute atomic E-state index is 0.307. The Labute approximate surface area is 167 Å². The van der Waals surface area contributed by atoms with Crippen molar-refractivity contribution in [3.05, 3.63) is 29.8 Å². The molecular formula is C21H32N6O. The Bertz CT molecular complexity index is 724. The largest absolute Gasteiger partial charge is 0.396 e. The summed E-state index contributed by atoms with van der Waals surface area (Å²) in [4.78, 5) is 5.10. The van der Waals surface area contributed by atoms with E-state index in [1.54, 1.807) is 0 Å². The van der Waals surface area contributed by atoms with E-state index in [9.17, 15) is 5.11 Å². The van der Waals surface area contributed by atoms with Gasteiger partial charge in [0.1, 0.15) is 0 Å². The molecule has 2 aliphatic rings. The first kappa shape index (κ1) is 19.5. The third-order valence-corrected chi connectivity index (χ3v) is 6.85. The molecule has 2 aliphatic heterocycles. The molecule has 0 aliphatic carbocycles. The predicted molar refractivity (Wildman–Crippen MR) is 108 cm³/mol. The van der Waals surface area contributed by atoms with Crippen LogP contribution in [-0.4, -0.2) is 74.9 Å². The maximum atomic E-state index is 10.1. The van der Waals surface area contributed by atoms with Crippen LogP contribution < -0.4 is 0 Å². The fourth-order valence-corrected chi connectivity index (χ4v) is 5.07. The first-order valence-electron chi connectivity index (χ1n) is 10.6. The van der Waals surface area contributed by atoms with Crippen LogP contribution in [0.15, 0.2) is 24.3 Å². The van der Waals surface area contributed by atoms with Crippen molar-refractivity contribution in [3.63, 3.8) is 0 Å². The topological polar surface area (TPSA) is 81.2 Å². The lowest BCUT2D eigenvalue weighted by molar-refractivity contribution is -0.0436. The van der Waals surface area contributed by atoms with Crippen molar-refractivity contribution in [2.45, 2.75) is 39.2 Å². The third kappa shape index (κ3) is 4.11. The highest BCUT2D eigenvalue weighted by molar-refractivity contribution is 5.54. The summed E-state index contributed by atoms with van der Waals surface area (Å²) in [5.41, 5.74) is 2.61. The van der Waals surface area contributed by atoms with Gasteiger partial charge in [0.2, 0.25) is 5.82 Å². The summed E-state index contributed by atoms with van der Waals surface area (Å²) in [5.74, 6) is 1.02. The van der Waals surface area contributed by atoms with Crippen LogP contribution in [-0.2, 0) is 6.54 Å². The lowest BCUT2D eigenvalue weighted by Crippen LogP contribution is -2.53. The van der Waals surface area contributed by atoms with Crippen molar-refractivity contribution in [2.75, 3.05) is 39.3 Å². The molecule has 3 heterocycles. The Kier molecular flexibility index (Phi) is 6.04. The zero-order valence-corrected chi connectivity index (χ0v) is 16.8. The molecule has 2 saturated heterocycles. The number of rotatable bonds is 6. The maximum Gasteiger partial charge on any atom is 0.204 e. The molecule has 2 aromatic rings. The van der Waals surface area contributed by atoms with Crippen LogP contribution in [0, 0.1) is 11.3 Å². The number of piperidine rings is 2. The van der Waals surface area contributed by atoms with E-state index in [0.29, 0.717) is 23.8 Å². The molecule has 0 amide bonds. The smallest absolute Gasteiger partial charge is 0.204 e. The van der Waals surface area contributed by atoms with E-state index in [0.717, 1.165) is 25.2 Å². The number of aromatic nitrogens is 4. The molecule has 2 fully saturated rings. The summed E-state index contributed by atoms with van der Waals surface area (Å²) in [6, 6.07) is 8.40. The number of tetrazole rings is 1. The second kappa shape index (κ2) is 8.68. The van der Waals surface area contributed by atoms with E-state index in [2.05, 4.69) is 61.6 Å². The third-order valence-electron chi connectivity index (χ3n) is 6.85. The molecule has 2 N–H and O–H groups in total. The zero-order valence-electron chi connectivity index (χ0n) is 16.8. The fourth-order valence-electron chi connectivity index (χ4n) is 5.07. The van der Waals surface area contributed by atoms with Gasteiger partial charge < -0.3 is 10.0 Å².